The Kier molecular flexibility index (Phi) is 8.81. The van der Waals surface area contributed by atoms with Gasteiger partial charge in [-0.3, -0.25) is 9.59 Å². The fraction of sp³-hybridized carbons (Fsp3) is 0.364. The normalized spacial score (nSPS) is 11.7. The van der Waals surface area contributed by atoms with Crippen LogP contribution in [0.25, 0.3) is 0 Å². The van der Waals surface area contributed by atoms with Crippen molar-refractivity contribution < 1.29 is 9.59 Å². The third-order valence-corrected chi connectivity index (χ3v) is 5.17. The maximum atomic E-state index is 13.0. The first-order valence-corrected chi connectivity index (χ1v) is 10.2. The van der Waals surface area contributed by atoms with Gasteiger partial charge in [0.25, 0.3) is 0 Å². The Morgan fingerprint density at radius 1 is 1.07 bits per heavy atom. The van der Waals surface area contributed by atoms with Crippen LogP contribution in [0.2, 0.25) is 10.0 Å². The zero-order chi connectivity index (χ0) is 20.5. The molecule has 0 radical (unpaired) electrons. The summed E-state index contributed by atoms with van der Waals surface area (Å²) in [6.07, 6.45) is 1.65. The van der Waals surface area contributed by atoms with Gasteiger partial charge >= 0.3 is 0 Å². The minimum Gasteiger partial charge on any atom is -0.354 e. The van der Waals surface area contributed by atoms with Gasteiger partial charge in [-0.25, -0.2) is 0 Å². The summed E-state index contributed by atoms with van der Waals surface area (Å²) in [5.41, 5.74) is 1.85. The van der Waals surface area contributed by atoms with Crippen LogP contribution in [0.4, 0.5) is 0 Å². The first-order chi connectivity index (χ1) is 13.4. The number of rotatable bonds is 9. The highest BCUT2D eigenvalue weighted by molar-refractivity contribution is 6.31. The molecule has 150 valence electrons. The average Bonchev–Trinajstić information content (AvgIpc) is 2.70. The minimum absolute atomic E-state index is 0.0889. The van der Waals surface area contributed by atoms with Crippen molar-refractivity contribution in [1.82, 2.24) is 10.2 Å². The zero-order valence-corrected chi connectivity index (χ0v) is 17.8. The van der Waals surface area contributed by atoms with Crippen molar-refractivity contribution in [2.45, 2.75) is 45.7 Å². The predicted molar refractivity (Wildman–Crippen MR) is 115 cm³/mol. The molecule has 0 unspecified atom stereocenters. The van der Waals surface area contributed by atoms with Gasteiger partial charge in [0, 0.05) is 29.6 Å². The smallest absolute Gasteiger partial charge is 0.242 e. The summed E-state index contributed by atoms with van der Waals surface area (Å²) in [6, 6.07) is 14.2. The number of nitrogens with zero attached hydrogens (tertiary/aromatic N) is 1. The van der Waals surface area contributed by atoms with Crippen LogP contribution in [0.5, 0.6) is 0 Å². The fourth-order valence-electron chi connectivity index (χ4n) is 2.85. The van der Waals surface area contributed by atoms with Crippen molar-refractivity contribution in [2.24, 2.45) is 0 Å². The van der Waals surface area contributed by atoms with Gasteiger partial charge in [0.1, 0.15) is 6.04 Å². The third-order valence-electron chi connectivity index (χ3n) is 4.55. The Labute approximate surface area is 176 Å². The molecule has 0 heterocycles. The molecule has 0 aliphatic rings. The fourth-order valence-corrected chi connectivity index (χ4v) is 3.21. The minimum atomic E-state index is -0.569. The summed E-state index contributed by atoms with van der Waals surface area (Å²) in [7, 11) is 0. The molecule has 1 N–H and O–H groups in total. The van der Waals surface area contributed by atoms with Crippen molar-refractivity contribution in [1.29, 1.82) is 0 Å². The molecule has 2 amide bonds. The Bertz CT molecular complexity index is 793. The summed E-state index contributed by atoms with van der Waals surface area (Å²) in [6.45, 7) is 4.69. The molecule has 4 nitrogen and oxygen atoms in total. The Hall–Kier alpha value is -2.04. The summed E-state index contributed by atoms with van der Waals surface area (Å²) in [5.74, 6) is -0.240. The highest BCUT2D eigenvalue weighted by Crippen LogP contribution is 2.19. The van der Waals surface area contributed by atoms with Gasteiger partial charge < -0.3 is 10.2 Å². The zero-order valence-electron chi connectivity index (χ0n) is 16.3. The summed E-state index contributed by atoms with van der Waals surface area (Å²) in [4.78, 5) is 27.1. The maximum absolute atomic E-state index is 13.0. The van der Waals surface area contributed by atoms with Gasteiger partial charge in [-0.1, -0.05) is 60.5 Å². The number of carbonyl (C=O) groups excluding carboxylic acids is 2. The van der Waals surface area contributed by atoms with Crippen LogP contribution in [0, 0.1) is 0 Å². The van der Waals surface area contributed by atoms with Gasteiger partial charge in [-0.15, -0.1) is 0 Å². The molecule has 2 aromatic carbocycles. The number of halogens is 2. The molecule has 0 fully saturated rings. The third kappa shape index (κ3) is 6.54. The number of hydrogen-bond donors (Lipinski definition) is 1. The number of hydrogen-bond acceptors (Lipinski definition) is 2. The van der Waals surface area contributed by atoms with E-state index in [9.17, 15) is 9.59 Å². The highest BCUT2D eigenvalue weighted by atomic mass is 35.5. The van der Waals surface area contributed by atoms with Crippen LogP contribution < -0.4 is 5.32 Å². The van der Waals surface area contributed by atoms with Crippen LogP contribution in [-0.4, -0.2) is 29.3 Å². The maximum Gasteiger partial charge on any atom is 0.242 e. The predicted octanol–water partition coefficient (Wildman–Crippen LogP) is 4.87. The molecule has 1 atom stereocenters. The molecule has 0 aliphatic heterocycles. The van der Waals surface area contributed by atoms with Crippen LogP contribution >= 0.6 is 23.2 Å². The number of carbonyl (C=O) groups is 2. The topological polar surface area (TPSA) is 49.4 Å². The highest BCUT2D eigenvalue weighted by Gasteiger charge is 2.25. The van der Waals surface area contributed by atoms with Crippen LogP contribution in [0.3, 0.4) is 0 Å². The summed E-state index contributed by atoms with van der Waals surface area (Å²) < 4.78 is 0. The van der Waals surface area contributed by atoms with Gasteiger partial charge in [0.05, 0.1) is 0 Å². The largest absolute Gasteiger partial charge is 0.354 e. The monoisotopic (exact) mass is 420 g/mol. The van der Waals surface area contributed by atoms with Crippen molar-refractivity contribution in [2.75, 3.05) is 6.54 Å². The molecule has 28 heavy (non-hydrogen) atoms. The molecular weight excluding hydrogens is 395 g/mol. The Morgan fingerprint density at radius 2 is 1.75 bits per heavy atom. The van der Waals surface area contributed by atoms with Crippen molar-refractivity contribution in [3.63, 3.8) is 0 Å². The van der Waals surface area contributed by atoms with Crippen LogP contribution in [-0.2, 0) is 22.6 Å². The van der Waals surface area contributed by atoms with E-state index in [0.717, 1.165) is 17.5 Å². The van der Waals surface area contributed by atoms with E-state index in [-0.39, 0.29) is 18.2 Å². The van der Waals surface area contributed by atoms with E-state index in [1.54, 1.807) is 24.0 Å². The van der Waals surface area contributed by atoms with E-state index in [4.69, 9.17) is 23.2 Å². The lowest BCUT2D eigenvalue weighted by Crippen LogP contribution is -2.47. The van der Waals surface area contributed by atoms with E-state index in [1.165, 1.54) is 0 Å². The van der Waals surface area contributed by atoms with Crippen LogP contribution in [0.1, 0.15) is 37.8 Å². The van der Waals surface area contributed by atoms with Crippen LogP contribution in [0.15, 0.2) is 48.5 Å². The molecule has 2 aromatic rings. The van der Waals surface area contributed by atoms with E-state index in [2.05, 4.69) is 5.32 Å². The van der Waals surface area contributed by atoms with Gasteiger partial charge in [0.2, 0.25) is 11.8 Å². The quantitative estimate of drug-likeness (QED) is 0.628. The van der Waals surface area contributed by atoms with Gasteiger partial charge in [0.15, 0.2) is 0 Å². The molecule has 0 saturated heterocycles. The van der Waals surface area contributed by atoms with E-state index in [1.807, 2.05) is 43.3 Å². The molecule has 0 bridgehead atoms. The second-order valence-electron chi connectivity index (χ2n) is 6.71. The number of benzene rings is 2. The van der Waals surface area contributed by atoms with Gasteiger partial charge in [-0.05, 0) is 49.1 Å². The average molecular weight is 421 g/mol. The SMILES string of the molecule is CCCNC(=O)[C@@H](C)N(Cc1ccc(Cl)cc1)C(=O)CCc1ccccc1Cl. The molecule has 0 aliphatic carbocycles. The van der Waals surface area contributed by atoms with E-state index in [0.29, 0.717) is 29.6 Å². The molecule has 2 rings (SSSR count). The van der Waals surface area contributed by atoms with E-state index < -0.39 is 6.04 Å². The second kappa shape index (κ2) is 11.1. The first-order valence-electron chi connectivity index (χ1n) is 9.47. The molecule has 0 saturated carbocycles. The lowest BCUT2D eigenvalue weighted by Gasteiger charge is -2.29. The summed E-state index contributed by atoms with van der Waals surface area (Å²) in [5, 5.41) is 4.15. The molecular formula is C22H26Cl2N2O2. The summed E-state index contributed by atoms with van der Waals surface area (Å²) >= 11 is 12.2. The number of aryl methyl sites for hydroxylation is 1. The lowest BCUT2D eigenvalue weighted by molar-refractivity contribution is -0.140. The Morgan fingerprint density at radius 3 is 2.39 bits per heavy atom. The lowest BCUT2D eigenvalue weighted by atomic mass is 10.1. The van der Waals surface area contributed by atoms with Crippen molar-refractivity contribution in [3.05, 3.63) is 69.7 Å². The standard InChI is InChI=1S/C22H26Cl2N2O2/c1-3-14-25-22(28)16(2)26(15-17-8-11-19(23)12-9-17)21(27)13-10-18-6-4-5-7-20(18)24/h4-9,11-12,16H,3,10,13-15H2,1-2H3,(H,25,28)/t16-/m1/s1. The molecule has 0 spiro atoms. The van der Waals surface area contributed by atoms with Crippen molar-refractivity contribution in [3.8, 4) is 0 Å². The Balaban J connectivity index is 2.13. The second-order valence-corrected chi connectivity index (χ2v) is 7.55. The number of amides is 2. The van der Waals surface area contributed by atoms with Crippen molar-refractivity contribution >= 4 is 35.0 Å². The van der Waals surface area contributed by atoms with E-state index >= 15 is 0 Å². The molecule has 0 aromatic heterocycles. The first kappa shape index (κ1) is 22.3. The molecule has 6 heteroatoms. The van der Waals surface area contributed by atoms with Gasteiger partial charge in [-0.2, -0.15) is 0 Å². The number of nitrogens with one attached hydrogen (secondary N) is 1.